The molecule has 0 heterocycles. The molecule has 0 amide bonds. The summed E-state index contributed by atoms with van der Waals surface area (Å²) in [6.45, 7) is 0. The number of rotatable bonds is 0. The molecule has 5 heteroatoms. The second-order valence-corrected chi connectivity index (χ2v) is 0. The summed E-state index contributed by atoms with van der Waals surface area (Å²) < 4.78 is 0. The van der Waals surface area contributed by atoms with Crippen molar-refractivity contribution < 1.29 is 36.5 Å². The van der Waals surface area contributed by atoms with Gasteiger partial charge in [-0.25, -0.2) is 0 Å². The Balaban J connectivity index is 0. The predicted molar refractivity (Wildman–Crippen MR) is 27.5 cm³/mol. The van der Waals surface area contributed by atoms with Crippen LogP contribution in [0, 0.1) is 0 Å². The van der Waals surface area contributed by atoms with Gasteiger partial charge >= 0.3 is 41.0 Å². The van der Waals surface area contributed by atoms with Crippen LogP contribution in [0.25, 0.3) is 0 Å². The maximum absolute atomic E-state index is 0. The van der Waals surface area contributed by atoms with E-state index in [2.05, 4.69) is 0 Å². The molecule has 0 N–H and O–H groups in total. The Kier molecular flexibility index (Phi) is 267. The minimum absolute atomic E-state index is 0. The van der Waals surface area contributed by atoms with Gasteiger partial charge in [-0.15, -0.1) is 0 Å². The van der Waals surface area contributed by atoms with E-state index in [0.717, 1.165) is 0 Å². The summed E-state index contributed by atoms with van der Waals surface area (Å²) >= 11 is 0. The van der Waals surface area contributed by atoms with E-state index in [1.165, 1.54) is 0 Å². The van der Waals surface area contributed by atoms with Gasteiger partial charge in [0.05, 0.1) is 0 Å². The van der Waals surface area contributed by atoms with Crippen molar-refractivity contribution in [1.29, 1.82) is 0 Å². The van der Waals surface area contributed by atoms with Crippen LogP contribution in [-0.2, 0) is 36.5 Å². The third kappa shape index (κ3) is 20.0. The molecule has 0 aliphatic heterocycles. The van der Waals surface area contributed by atoms with Crippen molar-refractivity contribution in [2.45, 2.75) is 0 Å². The summed E-state index contributed by atoms with van der Waals surface area (Å²) in [5, 5.41) is 0. The standard InChI is InChI=1S/Cu.H2S.H2Se.Sn.Zn.2H/h;2*1H2;;;;. The van der Waals surface area contributed by atoms with Crippen molar-refractivity contribution in [1.82, 2.24) is 0 Å². The van der Waals surface area contributed by atoms with Crippen molar-refractivity contribution in [3.05, 3.63) is 0 Å². The second-order valence-electron chi connectivity index (χ2n) is 0. The second kappa shape index (κ2) is 29.1. The number of hydrogen-bond acceptors (Lipinski definition) is 0. The third-order valence-corrected chi connectivity index (χ3v) is 0. The van der Waals surface area contributed by atoms with Crippen LogP contribution in [0.3, 0.4) is 0 Å². The summed E-state index contributed by atoms with van der Waals surface area (Å²) in [6.07, 6.45) is 0. The van der Waals surface area contributed by atoms with Crippen LogP contribution in [0.5, 0.6) is 0 Å². The van der Waals surface area contributed by atoms with E-state index in [1.54, 1.807) is 0 Å². The maximum Gasteiger partial charge on any atom is 0 e. The molecule has 0 fully saturated rings. The first-order valence-electron chi connectivity index (χ1n) is 0. The van der Waals surface area contributed by atoms with Gasteiger partial charge in [-0.2, -0.15) is 13.5 Å². The topological polar surface area (TPSA) is 0 Å². The van der Waals surface area contributed by atoms with Gasteiger partial charge in [0.2, 0.25) is 0 Å². The fraction of sp³-hybridized carbons (Fsp3) is 0. The van der Waals surface area contributed by atoms with Crippen molar-refractivity contribution in [2.75, 3.05) is 0 Å². The largest absolute Gasteiger partial charge is 0 e. The van der Waals surface area contributed by atoms with Crippen LogP contribution in [0.15, 0.2) is 0 Å². The normalized spacial score (nSPS) is 0. The van der Waals surface area contributed by atoms with Gasteiger partial charge in [0.25, 0.3) is 0 Å². The Hall–Kier alpha value is 2.81. The quantitative estimate of drug-likeness (QED) is 0.449. The van der Waals surface area contributed by atoms with E-state index in [9.17, 15) is 0 Å². The van der Waals surface area contributed by atoms with Crippen LogP contribution in [-0.4, -0.2) is 41.0 Å². The SMILES string of the molecule is S.[Cu].[SeH2].[SnH2].[Zn]. The first kappa shape index (κ1) is 45.9. The average Bonchev–Trinajstić information content (AvgIpc) is 0. The van der Waals surface area contributed by atoms with E-state index < -0.39 is 0 Å². The average molecular weight is 365 g/mol. The summed E-state index contributed by atoms with van der Waals surface area (Å²) in [4.78, 5) is 0. The van der Waals surface area contributed by atoms with E-state index in [-0.39, 0.29) is 91.0 Å². The van der Waals surface area contributed by atoms with E-state index in [1.807, 2.05) is 0 Å². The molecule has 0 nitrogen and oxygen atoms in total. The molecular formula is H6CuSSeSnZn. The smallest absolute Gasteiger partial charge is 0 e. The summed E-state index contributed by atoms with van der Waals surface area (Å²) in [7, 11) is 0. The third-order valence-electron chi connectivity index (χ3n) is 0. The van der Waals surface area contributed by atoms with E-state index in [4.69, 9.17) is 0 Å². The predicted octanol–water partition coefficient (Wildman–Crippen LogP) is -1.72. The van der Waals surface area contributed by atoms with Gasteiger partial charge in [0, 0.05) is 36.5 Å². The zero-order chi connectivity index (χ0) is 0. The molecular weight excluding hydrogens is 359 g/mol. The zero-order valence-electron chi connectivity index (χ0n) is 2.72. The molecule has 3 radical (unpaired) electrons. The zero-order valence-corrected chi connectivity index (χ0v) is 13.8. The van der Waals surface area contributed by atoms with E-state index >= 15 is 0 Å². The molecule has 0 saturated heterocycles. The Bertz CT molecular complexity index is 11.6. The van der Waals surface area contributed by atoms with Crippen molar-refractivity contribution >= 4 is 54.5 Å². The van der Waals surface area contributed by atoms with Gasteiger partial charge in [-0.1, -0.05) is 0 Å². The van der Waals surface area contributed by atoms with Crippen molar-refractivity contribution in [2.24, 2.45) is 0 Å². The first-order chi connectivity index (χ1) is 0. The van der Waals surface area contributed by atoms with Gasteiger partial charge in [-0.3, -0.25) is 0 Å². The molecule has 0 aliphatic rings. The fourth-order valence-corrected chi connectivity index (χ4v) is 0. The van der Waals surface area contributed by atoms with Gasteiger partial charge in [0.1, 0.15) is 0 Å². The summed E-state index contributed by atoms with van der Waals surface area (Å²) in [6, 6.07) is 0. The number of hydrogen-bond donors (Lipinski definition) is 0. The van der Waals surface area contributed by atoms with Crippen LogP contribution >= 0.6 is 13.5 Å². The molecule has 0 spiro atoms. The molecule has 35 valence electrons. The monoisotopic (exact) mass is 365 g/mol. The van der Waals surface area contributed by atoms with Gasteiger partial charge < -0.3 is 0 Å². The summed E-state index contributed by atoms with van der Waals surface area (Å²) in [5.74, 6) is 0. The Morgan fingerprint density at radius 1 is 1.00 bits per heavy atom. The molecule has 0 aromatic heterocycles. The van der Waals surface area contributed by atoms with Crippen molar-refractivity contribution in [3.8, 4) is 0 Å². The first-order valence-corrected chi connectivity index (χ1v) is 0. The van der Waals surface area contributed by atoms with Crippen molar-refractivity contribution in [3.63, 3.8) is 0 Å². The van der Waals surface area contributed by atoms with Gasteiger partial charge in [0.15, 0.2) is 0 Å². The minimum atomic E-state index is 0. The molecule has 0 saturated carbocycles. The minimum Gasteiger partial charge on any atom is 0 e. The molecule has 0 atom stereocenters. The van der Waals surface area contributed by atoms with Crippen LogP contribution in [0.1, 0.15) is 0 Å². The fourth-order valence-electron chi connectivity index (χ4n) is 0. The molecule has 0 unspecified atom stereocenters. The molecule has 0 aromatic carbocycles. The molecule has 5 heavy (non-hydrogen) atoms. The molecule has 0 bridgehead atoms. The maximum atomic E-state index is 0. The molecule has 0 aliphatic carbocycles. The van der Waals surface area contributed by atoms with Crippen LogP contribution in [0.2, 0.25) is 0 Å². The Labute approximate surface area is 89.7 Å². The Morgan fingerprint density at radius 3 is 1.00 bits per heavy atom. The molecule has 0 aromatic rings. The van der Waals surface area contributed by atoms with Crippen LogP contribution in [0.4, 0.5) is 0 Å². The molecule has 0 rings (SSSR count). The van der Waals surface area contributed by atoms with E-state index in [0.29, 0.717) is 0 Å². The van der Waals surface area contributed by atoms with Crippen LogP contribution < -0.4 is 0 Å². The summed E-state index contributed by atoms with van der Waals surface area (Å²) in [5.41, 5.74) is 0. The van der Waals surface area contributed by atoms with Gasteiger partial charge in [-0.05, 0) is 0 Å². The Morgan fingerprint density at radius 2 is 1.00 bits per heavy atom.